The van der Waals surface area contributed by atoms with Gasteiger partial charge in [0.05, 0.1) is 0 Å². The zero-order chi connectivity index (χ0) is 8.10. The average Bonchev–Trinajstić information content (AvgIpc) is 2.40. The lowest BCUT2D eigenvalue weighted by atomic mass is 10.7. The van der Waals surface area contributed by atoms with Gasteiger partial charge in [-0.2, -0.15) is 0 Å². The second kappa shape index (κ2) is 4.20. The van der Waals surface area contributed by atoms with Gasteiger partial charge in [0.1, 0.15) is 5.51 Å². The minimum atomic E-state index is 0.587. The van der Waals surface area contributed by atoms with Crippen LogP contribution in [-0.4, -0.2) is 21.9 Å². The minimum Gasteiger partial charge on any atom is -0.363 e. The molecule has 1 heterocycles. The molecule has 1 aromatic rings. The Balaban J connectivity index is 2.37. The quantitative estimate of drug-likeness (QED) is 0.674. The van der Waals surface area contributed by atoms with Crippen molar-refractivity contribution in [1.82, 2.24) is 15.5 Å². The smallest absolute Gasteiger partial charge is 0.211 e. The highest BCUT2D eigenvalue weighted by Gasteiger charge is 1.96. The first-order valence-electron chi connectivity index (χ1n) is 3.14. The van der Waals surface area contributed by atoms with Gasteiger partial charge in [0.25, 0.3) is 0 Å². The molecule has 0 aromatic carbocycles. The standard InChI is InChI=1S/C5H8N4S2/c1-2-6-4(10)8-5-9-7-3-11-5/h3H,2H2,1H3,(H2,6,8,9,10). The number of anilines is 1. The van der Waals surface area contributed by atoms with Gasteiger partial charge in [0.2, 0.25) is 5.13 Å². The van der Waals surface area contributed by atoms with Crippen LogP contribution in [-0.2, 0) is 0 Å². The first kappa shape index (κ1) is 8.35. The molecular formula is C5H8N4S2. The third-order valence-corrected chi connectivity index (χ3v) is 1.77. The van der Waals surface area contributed by atoms with Gasteiger partial charge in [-0.15, -0.1) is 10.2 Å². The van der Waals surface area contributed by atoms with E-state index in [1.54, 1.807) is 5.51 Å². The van der Waals surface area contributed by atoms with Crippen LogP contribution in [0.5, 0.6) is 0 Å². The molecule has 0 fully saturated rings. The van der Waals surface area contributed by atoms with Gasteiger partial charge < -0.3 is 10.6 Å². The van der Waals surface area contributed by atoms with Crippen molar-refractivity contribution in [2.45, 2.75) is 6.92 Å². The van der Waals surface area contributed by atoms with E-state index in [0.717, 1.165) is 11.7 Å². The van der Waals surface area contributed by atoms with Gasteiger partial charge in [-0.25, -0.2) is 0 Å². The Hall–Kier alpha value is -0.750. The Morgan fingerprint density at radius 1 is 1.82 bits per heavy atom. The molecule has 0 spiro atoms. The van der Waals surface area contributed by atoms with Gasteiger partial charge in [0.15, 0.2) is 5.11 Å². The normalized spacial score (nSPS) is 9.18. The molecule has 0 aliphatic heterocycles. The number of rotatable bonds is 2. The second-order valence-corrected chi connectivity index (χ2v) is 2.97. The lowest BCUT2D eigenvalue weighted by Gasteiger charge is -2.03. The summed E-state index contributed by atoms with van der Waals surface area (Å²) in [5, 5.41) is 14.6. The van der Waals surface area contributed by atoms with E-state index in [1.807, 2.05) is 6.92 Å². The number of hydrogen-bond acceptors (Lipinski definition) is 4. The van der Waals surface area contributed by atoms with E-state index in [-0.39, 0.29) is 0 Å². The summed E-state index contributed by atoms with van der Waals surface area (Å²) < 4.78 is 0. The minimum absolute atomic E-state index is 0.587. The molecule has 2 N–H and O–H groups in total. The first-order valence-corrected chi connectivity index (χ1v) is 4.42. The lowest BCUT2D eigenvalue weighted by molar-refractivity contribution is 0.977. The van der Waals surface area contributed by atoms with Crippen molar-refractivity contribution in [3.8, 4) is 0 Å². The SMILES string of the molecule is CCNC(=S)Nc1nncs1. The number of nitrogens with one attached hydrogen (secondary N) is 2. The third-order valence-electron chi connectivity index (χ3n) is 0.918. The van der Waals surface area contributed by atoms with Crippen molar-refractivity contribution in [1.29, 1.82) is 0 Å². The molecule has 11 heavy (non-hydrogen) atoms. The molecule has 0 saturated heterocycles. The predicted molar refractivity (Wildman–Crippen MR) is 49.8 cm³/mol. The molecular weight excluding hydrogens is 180 g/mol. The molecule has 0 amide bonds. The summed E-state index contributed by atoms with van der Waals surface area (Å²) in [5.74, 6) is 0. The fourth-order valence-corrected chi connectivity index (χ4v) is 1.28. The highest BCUT2D eigenvalue weighted by molar-refractivity contribution is 7.80. The third kappa shape index (κ3) is 2.77. The largest absolute Gasteiger partial charge is 0.363 e. The van der Waals surface area contributed by atoms with E-state index in [4.69, 9.17) is 12.2 Å². The van der Waals surface area contributed by atoms with Crippen LogP contribution < -0.4 is 10.6 Å². The highest BCUT2D eigenvalue weighted by atomic mass is 32.1. The van der Waals surface area contributed by atoms with Crippen LogP contribution in [0.3, 0.4) is 0 Å². The second-order valence-electron chi connectivity index (χ2n) is 1.73. The fourth-order valence-electron chi connectivity index (χ4n) is 0.529. The number of aromatic nitrogens is 2. The number of hydrogen-bond donors (Lipinski definition) is 2. The molecule has 0 unspecified atom stereocenters. The maximum atomic E-state index is 4.92. The van der Waals surface area contributed by atoms with E-state index in [1.165, 1.54) is 11.3 Å². The first-order chi connectivity index (χ1) is 5.33. The van der Waals surface area contributed by atoms with E-state index >= 15 is 0 Å². The van der Waals surface area contributed by atoms with Gasteiger partial charge >= 0.3 is 0 Å². The highest BCUT2D eigenvalue weighted by Crippen LogP contribution is 2.06. The van der Waals surface area contributed by atoms with Crippen molar-refractivity contribution in [3.05, 3.63) is 5.51 Å². The molecule has 0 bridgehead atoms. The van der Waals surface area contributed by atoms with Crippen molar-refractivity contribution in [2.24, 2.45) is 0 Å². The van der Waals surface area contributed by atoms with Crippen LogP contribution in [0.15, 0.2) is 5.51 Å². The zero-order valence-corrected chi connectivity index (χ0v) is 7.63. The summed E-state index contributed by atoms with van der Waals surface area (Å²) in [5.41, 5.74) is 1.65. The summed E-state index contributed by atoms with van der Waals surface area (Å²) in [7, 11) is 0. The Morgan fingerprint density at radius 3 is 3.18 bits per heavy atom. The summed E-state index contributed by atoms with van der Waals surface area (Å²) in [6.07, 6.45) is 0. The Bertz CT molecular complexity index is 220. The molecule has 0 aliphatic rings. The van der Waals surface area contributed by atoms with Crippen LogP contribution in [0.4, 0.5) is 5.13 Å². The van der Waals surface area contributed by atoms with Gasteiger partial charge in [-0.05, 0) is 19.1 Å². The predicted octanol–water partition coefficient (Wildman–Crippen LogP) is 0.844. The van der Waals surface area contributed by atoms with E-state index in [9.17, 15) is 0 Å². The molecule has 4 nitrogen and oxygen atoms in total. The molecule has 60 valence electrons. The molecule has 0 aliphatic carbocycles. The molecule has 0 radical (unpaired) electrons. The van der Waals surface area contributed by atoms with Gasteiger partial charge in [-0.3, -0.25) is 0 Å². The van der Waals surface area contributed by atoms with E-state index in [0.29, 0.717) is 5.11 Å². The average molecular weight is 188 g/mol. The van der Waals surface area contributed by atoms with Crippen LogP contribution in [0.2, 0.25) is 0 Å². The zero-order valence-electron chi connectivity index (χ0n) is 6.00. The molecule has 0 saturated carbocycles. The maximum absolute atomic E-state index is 4.92. The molecule has 1 rings (SSSR count). The Kier molecular flexibility index (Phi) is 3.18. The van der Waals surface area contributed by atoms with Gasteiger partial charge in [-0.1, -0.05) is 11.3 Å². The van der Waals surface area contributed by atoms with Crippen molar-refractivity contribution in [2.75, 3.05) is 11.9 Å². The molecule has 1 aromatic heterocycles. The van der Waals surface area contributed by atoms with Crippen molar-refractivity contribution in [3.63, 3.8) is 0 Å². The lowest BCUT2D eigenvalue weighted by Crippen LogP contribution is -2.27. The molecule has 6 heteroatoms. The Morgan fingerprint density at radius 2 is 2.64 bits per heavy atom. The fraction of sp³-hybridized carbons (Fsp3) is 0.400. The summed E-state index contributed by atoms with van der Waals surface area (Å²) >= 11 is 6.33. The number of thiocarbonyl (C=S) groups is 1. The summed E-state index contributed by atoms with van der Waals surface area (Å²) in [6, 6.07) is 0. The van der Waals surface area contributed by atoms with Gasteiger partial charge in [0, 0.05) is 6.54 Å². The van der Waals surface area contributed by atoms with Crippen LogP contribution >= 0.6 is 23.6 Å². The van der Waals surface area contributed by atoms with Crippen molar-refractivity contribution >= 4 is 33.8 Å². The van der Waals surface area contributed by atoms with E-state index < -0.39 is 0 Å². The Labute approximate surface area is 74.0 Å². The van der Waals surface area contributed by atoms with E-state index in [2.05, 4.69) is 20.8 Å². The van der Waals surface area contributed by atoms with Crippen molar-refractivity contribution < 1.29 is 0 Å². The summed E-state index contributed by atoms with van der Waals surface area (Å²) in [4.78, 5) is 0. The number of nitrogens with zero attached hydrogens (tertiary/aromatic N) is 2. The van der Waals surface area contributed by atoms with Crippen LogP contribution in [0.1, 0.15) is 6.92 Å². The molecule has 0 atom stereocenters. The van der Waals surface area contributed by atoms with Crippen LogP contribution in [0, 0.1) is 0 Å². The van der Waals surface area contributed by atoms with Crippen LogP contribution in [0.25, 0.3) is 0 Å². The summed E-state index contributed by atoms with van der Waals surface area (Å²) in [6.45, 7) is 2.79. The monoisotopic (exact) mass is 188 g/mol. The maximum Gasteiger partial charge on any atom is 0.211 e. The topological polar surface area (TPSA) is 49.8 Å².